The van der Waals surface area contributed by atoms with Gasteiger partial charge in [0.1, 0.15) is 12.4 Å². The van der Waals surface area contributed by atoms with Gasteiger partial charge in [-0.3, -0.25) is 0 Å². The monoisotopic (exact) mass is 280 g/mol. The van der Waals surface area contributed by atoms with Crippen LogP contribution in [0.2, 0.25) is 5.02 Å². The molecule has 0 fully saturated rings. The molecular formula is C13H17ClN4O. The van der Waals surface area contributed by atoms with Gasteiger partial charge in [-0.1, -0.05) is 30.2 Å². The SMILES string of the molecule is CCCc1c(N)nnn1CCOc1ccc(Cl)cc1. The molecule has 2 aromatic rings. The van der Waals surface area contributed by atoms with Crippen LogP contribution in [0.5, 0.6) is 5.75 Å². The van der Waals surface area contributed by atoms with E-state index >= 15 is 0 Å². The minimum Gasteiger partial charge on any atom is -0.492 e. The molecule has 0 bridgehead atoms. The zero-order valence-corrected chi connectivity index (χ0v) is 11.6. The standard InChI is InChI=1S/C13H17ClN4O/c1-2-3-12-13(15)16-17-18(12)8-9-19-11-6-4-10(14)5-7-11/h4-7H,2-3,8-9,15H2,1H3. The van der Waals surface area contributed by atoms with Crippen molar-refractivity contribution in [1.82, 2.24) is 15.0 Å². The average molecular weight is 281 g/mol. The van der Waals surface area contributed by atoms with Crippen LogP contribution in [0.25, 0.3) is 0 Å². The van der Waals surface area contributed by atoms with Crippen LogP contribution < -0.4 is 10.5 Å². The van der Waals surface area contributed by atoms with Gasteiger partial charge < -0.3 is 10.5 Å². The topological polar surface area (TPSA) is 66.0 Å². The molecule has 6 heteroatoms. The van der Waals surface area contributed by atoms with Crippen molar-refractivity contribution >= 4 is 17.4 Å². The first kappa shape index (κ1) is 13.7. The molecule has 0 amide bonds. The Labute approximate surface area is 117 Å². The fraction of sp³-hybridized carbons (Fsp3) is 0.385. The predicted molar refractivity (Wildman–Crippen MR) is 75.4 cm³/mol. The summed E-state index contributed by atoms with van der Waals surface area (Å²) in [5.74, 6) is 1.29. The quantitative estimate of drug-likeness (QED) is 0.883. The summed E-state index contributed by atoms with van der Waals surface area (Å²) in [5, 5.41) is 8.61. The number of nitrogens with two attached hydrogens (primary N) is 1. The highest BCUT2D eigenvalue weighted by atomic mass is 35.5. The molecule has 1 aromatic heterocycles. The molecule has 1 heterocycles. The second kappa shape index (κ2) is 6.43. The highest BCUT2D eigenvalue weighted by Crippen LogP contribution is 2.16. The van der Waals surface area contributed by atoms with E-state index in [2.05, 4.69) is 17.2 Å². The summed E-state index contributed by atoms with van der Waals surface area (Å²) in [5.41, 5.74) is 6.75. The fourth-order valence-corrected chi connectivity index (χ4v) is 1.93. The number of benzene rings is 1. The van der Waals surface area contributed by atoms with Crippen molar-refractivity contribution in [3.63, 3.8) is 0 Å². The maximum absolute atomic E-state index is 5.81. The van der Waals surface area contributed by atoms with Crippen molar-refractivity contribution in [1.29, 1.82) is 0 Å². The number of anilines is 1. The molecule has 19 heavy (non-hydrogen) atoms. The first-order valence-electron chi connectivity index (χ1n) is 6.27. The van der Waals surface area contributed by atoms with Gasteiger partial charge in [0.15, 0.2) is 5.82 Å². The molecule has 2 rings (SSSR count). The van der Waals surface area contributed by atoms with Gasteiger partial charge in [0, 0.05) is 5.02 Å². The lowest BCUT2D eigenvalue weighted by atomic mass is 10.2. The molecule has 0 unspecified atom stereocenters. The summed E-state index contributed by atoms with van der Waals surface area (Å²) >= 11 is 5.81. The zero-order valence-electron chi connectivity index (χ0n) is 10.8. The van der Waals surface area contributed by atoms with Gasteiger partial charge in [-0.25, -0.2) is 4.68 Å². The van der Waals surface area contributed by atoms with Crippen molar-refractivity contribution in [3.8, 4) is 5.75 Å². The van der Waals surface area contributed by atoms with Crippen molar-refractivity contribution in [2.75, 3.05) is 12.3 Å². The summed E-state index contributed by atoms with van der Waals surface area (Å²) in [7, 11) is 0. The first-order valence-corrected chi connectivity index (χ1v) is 6.64. The van der Waals surface area contributed by atoms with Crippen molar-refractivity contribution in [3.05, 3.63) is 35.0 Å². The van der Waals surface area contributed by atoms with Gasteiger partial charge in [0.25, 0.3) is 0 Å². The summed E-state index contributed by atoms with van der Waals surface area (Å²) in [4.78, 5) is 0. The van der Waals surface area contributed by atoms with Gasteiger partial charge in [-0.05, 0) is 30.7 Å². The van der Waals surface area contributed by atoms with Crippen LogP contribution in [0.1, 0.15) is 19.0 Å². The smallest absolute Gasteiger partial charge is 0.169 e. The Bertz CT molecular complexity index is 524. The van der Waals surface area contributed by atoms with Crippen molar-refractivity contribution < 1.29 is 4.74 Å². The van der Waals surface area contributed by atoms with E-state index in [4.69, 9.17) is 22.1 Å². The molecule has 0 atom stereocenters. The molecule has 0 saturated heterocycles. The zero-order chi connectivity index (χ0) is 13.7. The molecule has 0 radical (unpaired) electrons. The van der Waals surface area contributed by atoms with Gasteiger partial charge in [-0.15, -0.1) is 5.10 Å². The van der Waals surface area contributed by atoms with E-state index in [1.807, 2.05) is 12.1 Å². The summed E-state index contributed by atoms with van der Waals surface area (Å²) in [6.07, 6.45) is 1.88. The predicted octanol–water partition coefficient (Wildman–Crippen LogP) is 2.55. The number of hydrogen-bond donors (Lipinski definition) is 1. The molecule has 5 nitrogen and oxygen atoms in total. The second-order valence-electron chi connectivity index (χ2n) is 4.20. The van der Waals surface area contributed by atoms with Crippen LogP contribution >= 0.6 is 11.6 Å². The average Bonchev–Trinajstić information content (AvgIpc) is 2.74. The third-order valence-corrected chi connectivity index (χ3v) is 2.99. The van der Waals surface area contributed by atoms with Crippen LogP contribution in [0, 0.1) is 0 Å². The molecular weight excluding hydrogens is 264 g/mol. The number of aromatic nitrogens is 3. The van der Waals surface area contributed by atoms with Gasteiger partial charge in [0.2, 0.25) is 0 Å². The lowest BCUT2D eigenvalue weighted by molar-refractivity contribution is 0.287. The highest BCUT2D eigenvalue weighted by molar-refractivity contribution is 6.30. The lowest BCUT2D eigenvalue weighted by Crippen LogP contribution is -2.12. The Balaban J connectivity index is 1.90. The third kappa shape index (κ3) is 3.61. The first-order chi connectivity index (χ1) is 9.20. The number of hydrogen-bond acceptors (Lipinski definition) is 4. The largest absolute Gasteiger partial charge is 0.492 e. The van der Waals surface area contributed by atoms with E-state index < -0.39 is 0 Å². The Morgan fingerprint density at radius 3 is 2.74 bits per heavy atom. The van der Waals surface area contributed by atoms with E-state index in [0.717, 1.165) is 24.3 Å². The molecule has 0 aliphatic heterocycles. The van der Waals surface area contributed by atoms with Crippen molar-refractivity contribution in [2.24, 2.45) is 0 Å². The van der Waals surface area contributed by atoms with E-state index in [9.17, 15) is 0 Å². The normalized spacial score (nSPS) is 10.6. The van der Waals surface area contributed by atoms with Gasteiger partial charge >= 0.3 is 0 Å². The summed E-state index contributed by atoms with van der Waals surface area (Å²) < 4.78 is 7.42. The molecule has 0 aliphatic rings. The molecule has 2 N–H and O–H groups in total. The third-order valence-electron chi connectivity index (χ3n) is 2.74. The van der Waals surface area contributed by atoms with Crippen molar-refractivity contribution in [2.45, 2.75) is 26.3 Å². The highest BCUT2D eigenvalue weighted by Gasteiger charge is 2.08. The molecule has 1 aromatic carbocycles. The van der Waals surface area contributed by atoms with E-state index in [0.29, 0.717) is 24.0 Å². The minimum atomic E-state index is 0.508. The number of nitrogens with zero attached hydrogens (tertiary/aromatic N) is 3. The van der Waals surface area contributed by atoms with Crippen LogP contribution in [-0.2, 0) is 13.0 Å². The number of halogens is 1. The second-order valence-corrected chi connectivity index (χ2v) is 4.63. The molecule has 102 valence electrons. The minimum absolute atomic E-state index is 0.508. The summed E-state index contributed by atoms with van der Waals surface area (Å²) in [6.45, 7) is 3.24. The lowest BCUT2D eigenvalue weighted by Gasteiger charge is -2.08. The number of rotatable bonds is 6. The maximum atomic E-state index is 5.81. The van der Waals surface area contributed by atoms with Crippen LogP contribution in [0.4, 0.5) is 5.82 Å². The maximum Gasteiger partial charge on any atom is 0.169 e. The molecule has 0 aliphatic carbocycles. The number of nitrogen functional groups attached to an aromatic ring is 1. The van der Waals surface area contributed by atoms with E-state index in [1.165, 1.54) is 0 Å². The Kier molecular flexibility index (Phi) is 4.63. The molecule has 0 spiro atoms. The van der Waals surface area contributed by atoms with Gasteiger partial charge in [0.05, 0.1) is 12.2 Å². The van der Waals surface area contributed by atoms with Crippen LogP contribution in [0.3, 0.4) is 0 Å². The van der Waals surface area contributed by atoms with Gasteiger partial charge in [-0.2, -0.15) is 0 Å². The van der Waals surface area contributed by atoms with Crippen LogP contribution in [0.15, 0.2) is 24.3 Å². The van der Waals surface area contributed by atoms with E-state index in [1.54, 1.807) is 16.8 Å². The summed E-state index contributed by atoms with van der Waals surface area (Å²) in [6, 6.07) is 7.27. The Morgan fingerprint density at radius 2 is 2.05 bits per heavy atom. The Hall–Kier alpha value is -1.75. The fourth-order valence-electron chi connectivity index (χ4n) is 1.80. The Morgan fingerprint density at radius 1 is 1.32 bits per heavy atom. The number of ether oxygens (including phenoxy) is 1. The van der Waals surface area contributed by atoms with E-state index in [-0.39, 0.29) is 0 Å². The molecule has 0 saturated carbocycles. The van der Waals surface area contributed by atoms with Crippen LogP contribution in [-0.4, -0.2) is 21.6 Å².